The number of carbonyl (C=O) groups excluding carboxylic acids is 3. The van der Waals surface area contributed by atoms with Gasteiger partial charge in [-0.2, -0.15) is 0 Å². The van der Waals surface area contributed by atoms with Crippen LogP contribution in [0, 0.1) is 5.92 Å². The first kappa shape index (κ1) is 22.6. The van der Waals surface area contributed by atoms with Crippen molar-refractivity contribution in [3.63, 3.8) is 0 Å². The topological polar surface area (TPSA) is 93.1 Å². The third-order valence-electron chi connectivity index (χ3n) is 4.74. The van der Waals surface area contributed by atoms with E-state index in [0.717, 1.165) is 18.3 Å². The van der Waals surface area contributed by atoms with E-state index in [1.165, 1.54) is 0 Å². The maximum atomic E-state index is 12.7. The lowest BCUT2D eigenvalue weighted by molar-refractivity contribution is -0.697. The highest BCUT2D eigenvalue weighted by Gasteiger charge is 2.25. The number of hydrogen-bond acceptors (Lipinski definition) is 4. The van der Waals surface area contributed by atoms with Crippen LogP contribution in [0.5, 0.6) is 0 Å². The van der Waals surface area contributed by atoms with Crippen molar-refractivity contribution in [1.82, 2.24) is 5.32 Å². The maximum Gasteiger partial charge on any atom is 0.253 e. The molecule has 1 aromatic heterocycles. The van der Waals surface area contributed by atoms with Gasteiger partial charge in [-0.15, -0.1) is 0 Å². The number of nitrogens with one attached hydrogen (secondary N) is 1. The van der Waals surface area contributed by atoms with Gasteiger partial charge in [0.25, 0.3) is 5.91 Å². The van der Waals surface area contributed by atoms with E-state index < -0.39 is 17.9 Å². The number of nitrogens with two attached hydrogens (primary N) is 1. The summed E-state index contributed by atoms with van der Waals surface area (Å²) in [5, 5.41) is 2.72. The molecular formula is C22H28N3O3S+. The second kappa shape index (κ2) is 11.4. The number of hydrogen-bond donors (Lipinski definition) is 2. The van der Waals surface area contributed by atoms with Gasteiger partial charge in [0.15, 0.2) is 17.5 Å². The van der Waals surface area contributed by atoms with E-state index in [2.05, 4.69) is 5.32 Å². The van der Waals surface area contributed by atoms with Crippen LogP contribution in [-0.2, 0) is 16.1 Å². The Kier molecular flexibility index (Phi) is 8.86. The van der Waals surface area contributed by atoms with Gasteiger partial charge in [-0.3, -0.25) is 14.4 Å². The smallest absolute Gasteiger partial charge is 0.253 e. The van der Waals surface area contributed by atoms with Crippen LogP contribution in [-0.4, -0.2) is 23.0 Å². The van der Waals surface area contributed by atoms with Crippen molar-refractivity contribution < 1.29 is 19.0 Å². The summed E-state index contributed by atoms with van der Waals surface area (Å²) in [4.78, 5) is 37.4. The fourth-order valence-electron chi connectivity index (χ4n) is 2.85. The van der Waals surface area contributed by atoms with Crippen LogP contribution < -0.4 is 15.6 Å². The van der Waals surface area contributed by atoms with Crippen molar-refractivity contribution in [2.75, 3.05) is 0 Å². The summed E-state index contributed by atoms with van der Waals surface area (Å²) in [6, 6.07) is 12.0. The van der Waals surface area contributed by atoms with Gasteiger partial charge in [-0.1, -0.05) is 50.2 Å². The average Bonchev–Trinajstić information content (AvgIpc) is 2.72. The summed E-state index contributed by atoms with van der Waals surface area (Å²) >= 11 is 1.06. The minimum Gasteiger partial charge on any atom is -0.368 e. The summed E-state index contributed by atoms with van der Waals surface area (Å²) in [6.45, 7) is 4.55. The predicted octanol–water partition coefficient (Wildman–Crippen LogP) is 2.70. The first-order valence-electron chi connectivity index (χ1n) is 9.76. The van der Waals surface area contributed by atoms with Gasteiger partial charge < -0.3 is 11.1 Å². The fourth-order valence-corrected chi connectivity index (χ4v) is 3.76. The van der Waals surface area contributed by atoms with E-state index in [4.69, 9.17) is 5.73 Å². The lowest BCUT2D eigenvalue weighted by Gasteiger charge is -2.21. The molecular weight excluding hydrogens is 386 g/mol. The summed E-state index contributed by atoms with van der Waals surface area (Å²) in [5.74, 6) is -1.04. The molecule has 1 aromatic carbocycles. The molecule has 2 atom stereocenters. The van der Waals surface area contributed by atoms with Crippen LogP contribution in [0.3, 0.4) is 0 Å². The SMILES string of the molecule is CCC(C)C(NC(=O)c1ccccc1SC(=O)CCC[n+]1ccccc1)C(N)=O. The van der Waals surface area contributed by atoms with E-state index in [-0.39, 0.29) is 11.0 Å². The zero-order valence-corrected chi connectivity index (χ0v) is 17.7. The molecule has 0 saturated heterocycles. The summed E-state index contributed by atoms with van der Waals surface area (Å²) in [7, 11) is 0. The van der Waals surface area contributed by atoms with Crippen LogP contribution in [0.25, 0.3) is 0 Å². The molecule has 3 N–H and O–H groups in total. The number of rotatable bonds is 10. The molecule has 2 unspecified atom stereocenters. The number of thioether (sulfide) groups is 1. The van der Waals surface area contributed by atoms with Crippen LogP contribution in [0.2, 0.25) is 0 Å². The van der Waals surface area contributed by atoms with E-state index >= 15 is 0 Å². The van der Waals surface area contributed by atoms with E-state index in [1.54, 1.807) is 24.3 Å². The number of pyridine rings is 1. The van der Waals surface area contributed by atoms with Crippen molar-refractivity contribution in [2.45, 2.75) is 50.6 Å². The van der Waals surface area contributed by atoms with Gasteiger partial charge >= 0.3 is 0 Å². The Labute approximate surface area is 175 Å². The number of primary amides is 1. The summed E-state index contributed by atoms with van der Waals surface area (Å²) in [5.41, 5.74) is 5.82. The van der Waals surface area contributed by atoms with Crippen molar-refractivity contribution in [1.29, 1.82) is 0 Å². The lowest BCUT2D eigenvalue weighted by atomic mass is 9.98. The van der Waals surface area contributed by atoms with Crippen LogP contribution in [0.4, 0.5) is 0 Å². The zero-order valence-electron chi connectivity index (χ0n) is 16.8. The number of carbonyl (C=O) groups is 3. The zero-order chi connectivity index (χ0) is 21.2. The molecule has 0 aliphatic heterocycles. The molecule has 0 aliphatic carbocycles. The van der Waals surface area contributed by atoms with Crippen LogP contribution in [0.15, 0.2) is 59.8 Å². The highest BCUT2D eigenvalue weighted by atomic mass is 32.2. The molecule has 0 radical (unpaired) electrons. The van der Waals surface area contributed by atoms with Crippen LogP contribution >= 0.6 is 11.8 Å². The second-order valence-electron chi connectivity index (χ2n) is 6.93. The Hall–Kier alpha value is -2.67. The fraction of sp³-hybridized carbons (Fsp3) is 0.364. The Morgan fingerprint density at radius 3 is 2.45 bits per heavy atom. The molecule has 7 heteroatoms. The van der Waals surface area contributed by atoms with Crippen molar-refractivity contribution in [2.24, 2.45) is 11.7 Å². The van der Waals surface area contributed by atoms with E-state index in [1.807, 2.05) is 49.0 Å². The number of benzene rings is 1. The quantitative estimate of drug-likeness (QED) is 0.462. The first-order chi connectivity index (χ1) is 13.9. The molecule has 1 heterocycles. The largest absolute Gasteiger partial charge is 0.368 e. The van der Waals surface area contributed by atoms with Gasteiger partial charge in [0.2, 0.25) is 5.91 Å². The predicted molar refractivity (Wildman–Crippen MR) is 113 cm³/mol. The molecule has 29 heavy (non-hydrogen) atoms. The third-order valence-corrected chi connectivity index (χ3v) is 5.74. The van der Waals surface area contributed by atoms with Gasteiger partial charge in [-0.05, 0) is 18.1 Å². The van der Waals surface area contributed by atoms with Gasteiger partial charge in [0, 0.05) is 29.9 Å². The van der Waals surface area contributed by atoms with Crippen molar-refractivity contribution in [3.8, 4) is 0 Å². The molecule has 2 rings (SSSR count). The first-order valence-corrected chi connectivity index (χ1v) is 10.6. The van der Waals surface area contributed by atoms with E-state index in [9.17, 15) is 14.4 Å². The molecule has 0 fully saturated rings. The molecule has 0 aliphatic rings. The summed E-state index contributed by atoms with van der Waals surface area (Å²) in [6.07, 6.45) is 5.75. The third kappa shape index (κ3) is 7.02. The Balaban J connectivity index is 1.99. The normalized spacial score (nSPS) is 12.8. The van der Waals surface area contributed by atoms with Crippen molar-refractivity contribution >= 4 is 28.7 Å². The Morgan fingerprint density at radius 2 is 1.79 bits per heavy atom. The Morgan fingerprint density at radius 1 is 1.10 bits per heavy atom. The number of aromatic nitrogens is 1. The van der Waals surface area contributed by atoms with Crippen molar-refractivity contribution in [3.05, 3.63) is 60.4 Å². The minimum absolute atomic E-state index is 0.00448. The molecule has 6 nitrogen and oxygen atoms in total. The standard InChI is InChI=1S/C22H27N3O3S/c1-3-16(2)20(21(23)27)24-22(28)17-10-5-6-11-18(17)29-19(26)12-9-15-25-13-7-4-8-14-25/h4-8,10-11,13-14,16,20H,3,9,12,15H2,1-2H3,(H2-,23,24,27,28)/p+1. The molecule has 0 bridgehead atoms. The molecule has 2 amide bonds. The average molecular weight is 415 g/mol. The van der Waals surface area contributed by atoms with Gasteiger partial charge in [0.05, 0.1) is 5.56 Å². The van der Waals surface area contributed by atoms with Gasteiger partial charge in [0.1, 0.15) is 12.6 Å². The second-order valence-corrected chi connectivity index (χ2v) is 8.03. The molecule has 154 valence electrons. The Bertz CT molecular complexity index is 842. The number of aryl methyl sites for hydroxylation is 1. The van der Waals surface area contributed by atoms with E-state index in [0.29, 0.717) is 29.7 Å². The lowest BCUT2D eigenvalue weighted by Crippen LogP contribution is -2.48. The molecule has 0 saturated carbocycles. The summed E-state index contributed by atoms with van der Waals surface area (Å²) < 4.78 is 2.03. The number of nitrogens with zero attached hydrogens (tertiary/aromatic N) is 1. The number of amides is 2. The highest BCUT2D eigenvalue weighted by molar-refractivity contribution is 8.13. The highest BCUT2D eigenvalue weighted by Crippen LogP contribution is 2.25. The molecule has 0 spiro atoms. The minimum atomic E-state index is -0.746. The van der Waals surface area contributed by atoms with Crippen LogP contribution in [0.1, 0.15) is 43.5 Å². The monoisotopic (exact) mass is 414 g/mol. The van der Waals surface area contributed by atoms with Gasteiger partial charge in [-0.25, -0.2) is 4.57 Å². The maximum absolute atomic E-state index is 12.7. The molecule has 2 aromatic rings.